The fourth-order valence-corrected chi connectivity index (χ4v) is 3.12. The van der Waals surface area contributed by atoms with E-state index in [9.17, 15) is 4.79 Å². The van der Waals surface area contributed by atoms with Crippen molar-refractivity contribution in [2.24, 2.45) is 5.92 Å². The number of amides is 1. The lowest BCUT2D eigenvalue weighted by Crippen LogP contribution is -2.35. The molecule has 2 aromatic carbocycles. The molecule has 4 heteroatoms. The number of hydrogen-bond acceptors (Lipinski definition) is 3. The van der Waals surface area contributed by atoms with Crippen LogP contribution in [-0.4, -0.2) is 25.7 Å². The molecule has 0 bridgehead atoms. The topological polar surface area (TPSA) is 42.7 Å². The molecule has 0 saturated carbocycles. The minimum absolute atomic E-state index is 0.107. The van der Waals surface area contributed by atoms with E-state index in [0.29, 0.717) is 24.8 Å². The third kappa shape index (κ3) is 2.93. The van der Waals surface area contributed by atoms with Crippen LogP contribution in [0.3, 0.4) is 0 Å². The molecule has 0 N–H and O–H groups in total. The number of para-hydroxylation sites is 2. The fraction of sp³-hybridized carbons (Fsp3) is 0.250. The Labute approximate surface area is 140 Å². The molecule has 1 aliphatic rings. The van der Waals surface area contributed by atoms with Crippen molar-refractivity contribution in [3.63, 3.8) is 0 Å². The van der Waals surface area contributed by atoms with E-state index in [4.69, 9.17) is 9.15 Å². The van der Waals surface area contributed by atoms with Crippen LogP contribution in [0.4, 0.5) is 5.69 Å². The first kappa shape index (κ1) is 15.0. The summed E-state index contributed by atoms with van der Waals surface area (Å²) in [7, 11) is 0. The lowest BCUT2D eigenvalue weighted by molar-refractivity contribution is 0.0956. The molecule has 1 atom stereocenters. The zero-order valence-corrected chi connectivity index (χ0v) is 13.4. The summed E-state index contributed by atoms with van der Waals surface area (Å²) >= 11 is 0. The molecule has 4 nitrogen and oxygen atoms in total. The minimum Gasteiger partial charge on any atom is -0.451 e. The summed E-state index contributed by atoms with van der Waals surface area (Å²) in [5.41, 5.74) is 1.62. The third-order valence-electron chi connectivity index (χ3n) is 4.41. The Morgan fingerprint density at radius 1 is 1.08 bits per heavy atom. The summed E-state index contributed by atoms with van der Waals surface area (Å²) in [6.45, 7) is 2.11. The number of ether oxygens (including phenoxy) is 1. The Bertz CT molecular complexity index is 801. The molecular formula is C20H19NO3. The smallest absolute Gasteiger partial charge is 0.294 e. The number of anilines is 1. The summed E-state index contributed by atoms with van der Waals surface area (Å²) < 4.78 is 11.2. The van der Waals surface area contributed by atoms with E-state index in [1.165, 1.54) is 0 Å². The number of carbonyl (C=O) groups excluding carboxylic acids is 1. The predicted molar refractivity (Wildman–Crippen MR) is 93.3 cm³/mol. The largest absolute Gasteiger partial charge is 0.451 e. The zero-order valence-electron chi connectivity index (χ0n) is 13.4. The molecule has 0 aliphatic carbocycles. The van der Waals surface area contributed by atoms with Crippen LogP contribution in [0.5, 0.6) is 0 Å². The third-order valence-corrected chi connectivity index (χ3v) is 4.41. The number of rotatable bonds is 4. The molecule has 1 saturated heterocycles. The van der Waals surface area contributed by atoms with Crippen molar-refractivity contribution >= 4 is 22.6 Å². The highest BCUT2D eigenvalue weighted by Gasteiger charge is 2.26. The Balaban J connectivity index is 1.67. The molecule has 4 rings (SSSR count). The summed E-state index contributed by atoms with van der Waals surface area (Å²) in [4.78, 5) is 14.9. The highest BCUT2D eigenvalue weighted by atomic mass is 16.5. The first-order chi connectivity index (χ1) is 11.8. The van der Waals surface area contributed by atoms with Crippen LogP contribution in [0.25, 0.3) is 11.0 Å². The number of nitrogens with zero attached hydrogens (tertiary/aromatic N) is 1. The minimum atomic E-state index is -0.107. The number of fused-ring (bicyclic) bond motifs is 1. The van der Waals surface area contributed by atoms with Crippen molar-refractivity contribution in [1.82, 2.24) is 0 Å². The van der Waals surface area contributed by atoms with Gasteiger partial charge < -0.3 is 14.1 Å². The van der Waals surface area contributed by atoms with Crippen LogP contribution in [0.2, 0.25) is 0 Å². The average Bonchev–Trinajstić information content (AvgIpc) is 3.29. The second-order valence-corrected chi connectivity index (χ2v) is 6.13. The van der Waals surface area contributed by atoms with Gasteiger partial charge in [0.15, 0.2) is 5.76 Å². The molecule has 122 valence electrons. The Morgan fingerprint density at radius 2 is 1.88 bits per heavy atom. The first-order valence-corrected chi connectivity index (χ1v) is 8.24. The summed E-state index contributed by atoms with van der Waals surface area (Å²) in [5.74, 6) is 0.627. The SMILES string of the molecule is O=C(c1cc2ccccc2o1)N(CC1CCOC1)c1ccccc1. The second-order valence-electron chi connectivity index (χ2n) is 6.13. The molecule has 3 aromatic rings. The van der Waals surface area contributed by atoms with Gasteiger partial charge in [-0.05, 0) is 30.7 Å². The molecule has 1 fully saturated rings. The lowest BCUT2D eigenvalue weighted by Gasteiger charge is -2.24. The van der Waals surface area contributed by atoms with Crippen LogP contribution in [0.1, 0.15) is 17.0 Å². The van der Waals surface area contributed by atoms with Crippen molar-refractivity contribution in [2.45, 2.75) is 6.42 Å². The lowest BCUT2D eigenvalue weighted by atomic mass is 10.1. The number of furan rings is 1. The van der Waals surface area contributed by atoms with Crippen LogP contribution < -0.4 is 4.90 Å². The molecule has 1 aromatic heterocycles. The van der Waals surface area contributed by atoms with Crippen molar-refractivity contribution in [3.8, 4) is 0 Å². The maximum absolute atomic E-state index is 13.1. The summed E-state index contributed by atoms with van der Waals surface area (Å²) in [5, 5.41) is 0.943. The number of carbonyl (C=O) groups is 1. The summed E-state index contributed by atoms with van der Waals surface area (Å²) in [6, 6.07) is 19.2. The predicted octanol–water partition coefficient (Wildman–Crippen LogP) is 4.12. The normalized spacial score (nSPS) is 17.2. The Kier molecular flexibility index (Phi) is 4.05. The van der Waals surface area contributed by atoms with E-state index >= 15 is 0 Å². The van der Waals surface area contributed by atoms with Crippen molar-refractivity contribution in [3.05, 3.63) is 66.4 Å². The number of benzene rings is 2. The Morgan fingerprint density at radius 3 is 2.62 bits per heavy atom. The van der Waals surface area contributed by atoms with E-state index in [0.717, 1.165) is 29.7 Å². The van der Waals surface area contributed by atoms with Crippen LogP contribution >= 0.6 is 0 Å². The molecule has 2 heterocycles. The fourth-order valence-electron chi connectivity index (χ4n) is 3.12. The quantitative estimate of drug-likeness (QED) is 0.726. The zero-order chi connectivity index (χ0) is 16.4. The van der Waals surface area contributed by atoms with Gasteiger partial charge in [-0.25, -0.2) is 0 Å². The maximum atomic E-state index is 13.1. The van der Waals surface area contributed by atoms with E-state index in [1.807, 2.05) is 60.7 Å². The standard InChI is InChI=1S/C20H19NO3/c22-20(19-12-16-6-4-5-9-18(16)24-19)21(13-15-10-11-23-14-15)17-7-2-1-3-8-17/h1-9,12,15H,10-11,13-14H2. The first-order valence-electron chi connectivity index (χ1n) is 8.24. The molecule has 1 aliphatic heterocycles. The van der Waals surface area contributed by atoms with Gasteiger partial charge in [-0.1, -0.05) is 36.4 Å². The van der Waals surface area contributed by atoms with Gasteiger partial charge in [0.05, 0.1) is 6.61 Å². The van der Waals surface area contributed by atoms with Crippen molar-refractivity contribution in [1.29, 1.82) is 0 Å². The summed E-state index contributed by atoms with van der Waals surface area (Å²) in [6.07, 6.45) is 0.983. The van der Waals surface area contributed by atoms with Crippen LogP contribution in [0, 0.1) is 5.92 Å². The number of hydrogen-bond donors (Lipinski definition) is 0. The second kappa shape index (κ2) is 6.49. The van der Waals surface area contributed by atoms with Gasteiger partial charge in [0.25, 0.3) is 5.91 Å². The van der Waals surface area contributed by atoms with E-state index in [1.54, 1.807) is 4.90 Å². The van der Waals surface area contributed by atoms with Crippen LogP contribution in [-0.2, 0) is 4.74 Å². The maximum Gasteiger partial charge on any atom is 0.294 e. The molecule has 0 spiro atoms. The van der Waals surface area contributed by atoms with Crippen LogP contribution in [0.15, 0.2) is 65.1 Å². The van der Waals surface area contributed by atoms with Gasteiger partial charge in [0.2, 0.25) is 0 Å². The Hall–Kier alpha value is -2.59. The highest BCUT2D eigenvalue weighted by molar-refractivity contribution is 6.06. The van der Waals surface area contributed by atoms with Gasteiger partial charge in [-0.3, -0.25) is 4.79 Å². The molecule has 0 radical (unpaired) electrons. The van der Waals surface area contributed by atoms with Gasteiger partial charge in [0.1, 0.15) is 5.58 Å². The van der Waals surface area contributed by atoms with E-state index < -0.39 is 0 Å². The molecule has 1 amide bonds. The molecule has 24 heavy (non-hydrogen) atoms. The van der Waals surface area contributed by atoms with Gasteiger partial charge in [0, 0.05) is 30.1 Å². The highest BCUT2D eigenvalue weighted by Crippen LogP contribution is 2.25. The van der Waals surface area contributed by atoms with Crippen molar-refractivity contribution in [2.75, 3.05) is 24.7 Å². The molecular weight excluding hydrogens is 302 g/mol. The monoisotopic (exact) mass is 321 g/mol. The average molecular weight is 321 g/mol. The molecule has 1 unspecified atom stereocenters. The van der Waals surface area contributed by atoms with Gasteiger partial charge in [-0.2, -0.15) is 0 Å². The van der Waals surface area contributed by atoms with Gasteiger partial charge >= 0.3 is 0 Å². The van der Waals surface area contributed by atoms with E-state index in [-0.39, 0.29) is 5.91 Å². The van der Waals surface area contributed by atoms with E-state index in [2.05, 4.69) is 0 Å². The van der Waals surface area contributed by atoms with Crippen molar-refractivity contribution < 1.29 is 13.9 Å². The van der Waals surface area contributed by atoms with Gasteiger partial charge in [-0.15, -0.1) is 0 Å².